The Balaban J connectivity index is 0.000000161. The zero-order valence-electron chi connectivity index (χ0n) is 70.2. The van der Waals surface area contributed by atoms with Crippen LogP contribution in [0.25, 0.3) is 106 Å². The molecule has 15 aromatic rings. The smallest absolute Gasteiger partial charge is 0.354 e. The molecule has 0 amide bonds. The first-order valence-corrected chi connectivity index (χ1v) is 36.6. The number of aliphatic hydroxyl groups excluding tert-OH is 1. The van der Waals surface area contributed by atoms with Gasteiger partial charge in [-0.05, 0) is 186 Å². The van der Waals surface area contributed by atoms with Gasteiger partial charge in [0.2, 0.25) is 0 Å². The van der Waals surface area contributed by atoms with E-state index in [0.29, 0.717) is 33.6 Å². The summed E-state index contributed by atoms with van der Waals surface area (Å²) in [4.78, 5) is 46.1. The molecule has 11 nitrogen and oxygen atoms in total. The number of aromatic carboxylic acids is 2. The van der Waals surface area contributed by atoms with Gasteiger partial charge in [0, 0.05) is 103 Å². The molecule has 0 aliphatic heterocycles. The van der Waals surface area contributed by atoms with Gasteiger partial charge in [0.15, 0.2) is 0 Å². The summed E-state index contributed by atoms with van der Waals surface area (Å²) in [5.41, 5.74) is 26.9. The Morgan fingerprint density at radius 2 is 0.690 bits per heavy atom. The average molecular weight is 2020 g/mol. The van der Waals surface area contributed by atoms with Gasteiger partial charge in [-0.25, -0.2) is 19.6 Å². The first kappa shape index (κ1) is 76.1. The number of pyridine rings is 6. The second-order valence-electron chi connectivity index (χ2n) is 28.6. The summed E-state index contributed by atoms with van der Waals surface area (Å²) in [5.74, 6) is -1.97. The maximum Gasteiger partial charge on any atom is 0.354 e. The summed E-state index contributed by atoms with van der Waals surface area (Å²) in [6.45, 7) is 19.4. The standard InChI is InChI=1S/C28H26N.2C26H22N.C7H7NO.2C6H5NO2.3Ir/c1-5-28(6-2)24-10-8-7-9-22(24)23-16-20-11-12-26(29-27(20)17-25(23)28)21-14-18(3)13-19(4)15-21;2*1-16-11-17(2)13-19(12-16)24-10-9-18-14-21-20-7-5-6-8-22(20)26(3,4)23(21)15-25(18)27-24;1-6(9)7-4-2-3-5-8-7;2*8-6(9)5-3-1-2-4-7-5;;;/h7-14,16-17H,5-6H2,1-4H3;2*5-12,14-15H,1-4H3;2-5,9H,1H2;2*1-4H,(H,8,9);;;/q3*-1;;;;;;/i;3D3,4D3;;;;;;;. The molecule has 0 saturated carbocycles. The van der Waals surface area contributed by atoms with Gasteiger partial charge < -0.3 is 15.3 Å². The molecule has 14 heteroatoms. The average Bonchev–Trinajstić information content (AvgIpc) is 1.53. The number of hydrogen-bond acceptors (Lipinski definition) is 9. The van der Waals surface area contributed by atoms with Crippen molar-refractivity contribution in [2.75, 3.05) is 0 Å². The Kier molecular flexibility index (Phi) is 24.1. The van der Waals surface area contributed by atoms with Gasteiger partial charge in [0.25, 0.3) is 0 Å². The first-order chi connectivity index (χ1) is 55.3. The summed E-state index contributed by atoms with van der Waals surface area (Å²) in [5, 5.41) is 28.6. The van der Waals surface area contributed by atoms with E-state index in [4.69, 9.17) is 38.5 Å². The van der Waals surface area contributed by atoms with E-state index in [1.54, 1.807) is 79.0 Å². The predicted octanol–water partition coefficient (Wildman–Crippen LogP) is 23.8. The minimum Gasteiger partial charge on any atom is -0.506 e. The molecule has 0 atom stereocenters. The van der Waals surface area contributed by atoms with Gasteiger partial charge >= 0.3 is 11.9 Å². The minimum absolute atomic E-state index is 0. The minimum atomic E-state index is -2.79. The fraction of sp³-hybridized carbons (Fsp3) is 0.172. The van der Waals surface area contributed by atoms with Gasteiger partial charge in [0.05, 0.1) is 16.6 Å². The van der Waals surface area contributed by atoms with Crippen LogP contribution in [0, 0.1) is 59.7 Å². The van der Waals surface area contributed by atoms with Gasteiger partial charge in [-0.3, -0.25) is 19.9 Å². The van der Waals surface area contributed by atoms with Crippen LogP contribution in [-0.2, 0) is 76.6 Å². The molecule has 9 aromatic carbocycles. The molecule has 0 fully saturated rings. The number of fused-ring (bicyclic) bond motifs is 12. The Bertz CT molecular complexity index is 6090. The molecular formula is C99H87Ir3N6O5-3. The fourth-order valence-corrected chi connectivity index (χ4v) is 15.4. The van der Waals surface area contributed by atoms with Crippen LogP contribution < -0.4 is 0 Å². The molecule has 0 unspecified atom stereocenters. The molecular weight excluding hydrogens is 1930 g/mol. The van der Waals surface area contributed by atoms with Crippen molar-refractivity contribution in [1.82, 2.24) is 29.9 Å². The largest absolute Gasteiger partial charge is 0.506 e. The van der Waals surface area contributed by atoms with Gasteiger partial charge in [-0.2, -0.15) is 0 Å². The Morgan fingerprint density at radius 3 is 1.01 bits per heavy atom. The van der Waals surface area contributed by atoms with E-state index in [1.807, 2.05) is 44.2 Å². The van der Waals surface area contributed by atoms with E-state index in [-0.39, 0.29) is 93.9 Å². The molecule has 18 rings (SSSR count). The number of carboxylic acids is 2. The first-order valence-electron chi connectivity index (χ1n) is 39.6. The molecule has 6 heterocycles. The number of benzene rings is 9. The van der Waals surface area contributed by atoms with Crippen molar-refractivity contribution in [2.24, 2.45) is 0 Å². The molecule has 6 aromatic heterocycles. The number of rotatable bonds is 8. The van der Waals surface area contributed by atoms with Crippen molar-refractivity contribution in [3.05, 3.63) is 364 Å². The predicted molar refractivity (Wildman–Crippen MR) is 447 cm³/mol. The quantitative estimate of drug-likeness (QED) is 0.0976. The maximum absolute atomic E-state index is 10.1. The summed E-state index contributed by atoms with van der Waals surface area (Å²) in [7, 11) is 0. The van der Waals surface area contributed by atoms with Crippen LogP contribution >= 0.6 is 0 Å². The number of hydrogen-bond donors (Lipinski definition) is 3. The van der Waals surface area contributed by atoms with Crippen molar-refractivity contribution in [2.45, 2.75) is 112 Å². The molecule has 3 aliphatic carbocycles. The molecule has 0 bridgehead atoms. The Morgan fingerprint density at radius 1 is 0.372 bits per heavy atom. The van der Waals surface area contributed by atoms with Crippen LogP contribution in [0.4, 0.5) is 0 Å². The van der Waals surface area contributed by atoms with E-state index in [0.717, 1.165) is 79.6 Å². The van der Waals surface area contributed by atoms with E-state index in [2.05, 4.69) is 216 Å². The second-order valence-corrected chi connectivity index (χ2v) is 28.6. The molecule has 3 radical (unpaired) electrons. The second kappa shape index (κ2) is 35.8. The SMILES string of the molecule is C=C(O)c1ccccn1.CCC1(CC)c2ccccc2-c2cc3ccc(-c4[c-]c(C)cc(C)c4)nc3cc21.Cc1[c-]c(-c2ccc3cc4c(cc3n2)C(C)(C)c2ccccc2-4)cc(C)c1.O=C(O)c1ccccn1.O=C(O)c1ccccn1.[2H]C([2H])([2H])C1(C([2H])([2H])[2H])c2ccccc2-c2cc3ccc(-c4[c-]c(C)cc(C)c4)nc3cc21.[Ir].[Ir].[Ir]. The van der Waals surface area contributed by atoms with Crippen molar-refractivity contribution in [3.8, 4) is 67.2 Å². The van der Waals surface area contributed by atoms with Crippen LogP contribution in [0.1, 0.15) is 156 Å². The fourth-order valence-electron chi connectivity index (χ4n) is 15.4. The van der Waals surface area contributed by atoms with Crippen LogP contribution in [0.5, 0.6) is 0 Å². The number of carboxylic acid groups (broad SMARTS) is 2. The number of aryl methyl sites for hydroxylation is 6. The molecule has 0 spiro atoms. The molecule has 573 valence electrons. The normalized spacial score (nSPS) is 13.5. The van der Waals surface area contributed by atoms with E-state index in [9.17, 15) is 9.59 Å². The van der Waals surface area contributed by atoms with E-state index < -0.39 is 31.1 Å². The zero-order chi connectivity index (χ0) is 82.8. The van der Waals surface area contributed by atoms with Gasteiger partial charge in [-0.15, -0.1) is 105 Å². The number of nitrogens with zero attached hydrogens (tertiary/aromatic N) is 6. The molecule has 113 heavy (non-hydrogen) atoms. The van der Waals surface area contributed by atoms with E-state index >= 15 is 0 Å². The third kappa shape index (κ3) is 18.0. The number of aromatic nitrogens is 6. The molecule has 3 N–H and O–H groups in total. The summed E-state index contributed by atoms with van der Waals surface area (Å²) in [6, 6.07) is 87.6. The van der Waals surface area contributed by atoms with Crippen molar-refractivity contribution < 1.29 is 93.4 Å². The Hall–Kier alpha value is -10.9. The molecule has 3 aliphatic rings. The van der Waals surface area contributed by atoms with Crippen molar-refractivity contribution >= 4 is 50.4 Å². The number of carbonyl (C=O) groups is 2. The van der Waals surface area contributed by atoms with Crippen LogP contribution in [0.3, 0.4) is 0 Å². The summed E-state index contributed by atoms with van der Waals surface area (Å²) < 4.78 is 50.2. The zero-order valence-corrected chi connectivity index (χ0v) is 71.4. The van der Waals surface area contributed by atoms with Crippen LogP contribution in [-0.4, -0.2) is 57.2 Å². The topological polar surface area (TPSA) is 172 Å². The van der Waals surface area contributed by atoms with Gasteiger partial charge in [-0.1, -0.05) is 217 Å². The van der Waals surface area contributed by atoms with Crippen LogP contribution in [0.2, 0.25) is 0 Å². The Labute approximate surface area is 711 Å². The monoisotopic (exact) mass is 2020 g/mol. The number of aliphatic hydroxyl groups is 1. The maximum atomic E-state index is 10.1. The van der Waals surface area contributed by atoms with Crippen molar-refractivity contribution in [1.29, 1.82) is 0 Å². The summed E-state index contributed by atoms with van der Waals surface area (Å²) >= 11 is 0. The molecule has 0 saturated heterocycles. The van der Waals surface area contributed by atoms with Crippen LogP contribution in [0.15, 0.2) is 262 Å². The van der Waals surface area contributed by atoms with Gasteiger partial charge in [0.1, 0.15) is 22.8 Å². The third-order valence-electron chi connectivity index (χ3n) is 20.5. The summed E-state index contributed by atoms with van der Waals surface area (Å²) in [6.07, 6.45) is 6.71. The third-order valence-corrected chi connectivity index (χ3v) is 20.5. The van der Waals surface area contributed by atoms with Crippen molar-refractivity contribution in [3.63, 3.8) is 0 Å². The van der Waals surface area contributed by atoms with E-state index in [1.165, 1.54) is 90.9 Å².